The highest BCUT2D eigenvalue weighted by Crippen LogP contribution is 2.34. The van der Waals surface area contributed by atoms with Crippen molar-refractivity contribution < 1.29 is 13.2 Å². The number of piperidine rings is 1. The standard InChI is InChI=1S/C26H37N3O3S/c1-3-20-10-7-16-27-26(20)29-17-15-25(28-33(2,30)31)23(18-29)19-32-24-13-11-22(12-14-24)21-8-5-4-6-9-21/h4-10,16,22-25,28H,3,11-15,17-19H2,1-2H3/t22?,23-,24?,25-/m0/s1. The quantitative estimate of drug-likeness (QED) is 0.627. The van der Waals surface area contributed by atoms with Crippen molar-refractivity contribution in [2.75, 3.05) is 30.9 Å². The van der Waals surface area contributed by atoms with Crippen LogP contribution in [0.15, 0.2) is 48.7 Å². The maximum Gasteiger partial charge on any atom is 0.208 e. The first kappa shape index (κ1) is 24.2. The molecule has 180 valence electrons. The molecule has 2 atom stereocenters. The Kier molecular flexibility index (Phi) is 8.04. The number of sulfonamides is 1. The van der Waals surface area contributed by atoms with Crippen molar-refractivity contribution in [2.24, 2.45) is 5.92 Å². The van der Waals surface area contributed by atoms with E-state index in [9.17, 15) is 8.42 Å². The number of ether oxygens (including phenoxy) is 1. The van der Waals surface area contributed by atoms with Gasteiger partial charge in [0.25, 0.3) is 0 Å². The molecule has 33 heavy (non-hydrogen) atoms. The number of hydrogen-bond acceptors (Lipinski definition) is 5. The Morgan fingerprint density at radius 1 is 1.06 bits per heavy atom. The summed E-state index contributed by atoms with van der Waals surface area (Å²) < 4.78 is 33.3. The molecule has 7 heteroatoms. The van der Waals surface area contributed by atoms with Crippen LogP contribution in [0.25, 0.3) is 0 Å². The molecule has 6 nitrogen and oxygen atoms in total. The highest BCUT2D eigenvalue weighted by atomic mass is 32.2. The van der Waals surface area contributed by atoms with Crippen LogP contribution < -0.4 is 9.62 Å². The minimum atomic E-state index is -3.27. The lowest BCUT2D eigenvalue weighted by molar-refractivity contribution is -0.00214. The molecule has 0 radical (unpaired) electrons. The maximum atomic E-state index is 12.0. The number of anilines is 1. The van der Waals surface area contributed by atoms with Gasteiger partial charge in [-0.1, -0.05) is 43.3 Å². The van der Waals surface area contributed by atoms with Gasteiger partial charge in [0.1, 0.15) is 5.82 Å². The Morgan fingerprint density at radius 3 is 2.52 bits per heavy atom. The van der Waals surface area contributed by atoms with Crippen LogP contribution in [0, 0.1) is 5.92 Å². The highest BCUT2D eigenvalue weighted by Gasteiger charge is 2.33. The van der Waals surface area contributed by atoms with Crippen LogP contribution in [0.1, 0.15) is 56.1 Å². The fourth-order valence-corrected chi connectivity index (χ4v) is 6.22. The molecule has 2 aliphatic rings. The molecule has 2 aromatic rings. The predicted molar refractivity (Wildman–Crippen MR) is 133 cm³/mol. The van der Waals surface area contributed by atoms with E-state index in [4.69, 9.17) is 4.74 Å². The van der Waals surface area contributed by atoms with Crippen LogP contribution in [0.5, 0.6) is 0 Å². The number of nitrogens with one attached hydrogen (secondary N) is 1. The number of nitrogens with zero attached hydrogens (tertiary/aromatic N) is 2. The van der Waals surface area contributed by atoms with Gasteiger partial charge in [0.15, 0.2) is 0 Å². The summed E-state index contributed by atoms with van der Waals surface area (Å²) in [4.78, 5) is 6.95. The summed E-state index contributed by atoms with van der Waals surface area (Å²) in [6.07, 6.45) is 9.41. The Bertz CT molecular complexity index is 991. The molecule has 1 saturated heterocycles. The number of hydrogen-bond donors (Lipinski definition) is 1. The first-order chi connectivity index (χ1) is 15.9. The predicted octanol–water partition coefficient (Wildman–Crippen LogP) is 4.13. The van der Waals surface area contributed by atoms with E-state index >= 15 is 0 Å². The number of aromatic nitrogens is 1. The molecule has 0 unspecified atom stereocenters. The van der Waals surface area contributed by atoms with Crippen LogP contribution in [-0.2, 0) is 21.2 Å². The fraction of sp³-hybridized carbons (Fsp3) is 0.577. The zero-order valence-electron chi connectivity index (χ0n) is 19.8. The largest absolute Gasteiger partial charge is 0.378 e. The van der Waals surface area contributed by atoms with Gasteiger partial charge in [-0.15, -0.1) is 0 Å². The average molecular weight is 472 g/mol. The monoisotopic (exact) mass is 471 g/mol. The zero-order chi connectivity index (χ0) is 23.3. The Hall–Kier alpha value is -1.96. The van der Waals surface area contributed by atoms with Gasteiger partial charge >= 0.3 is 0 Å². The summed E-state index contributed by atoms with van der Waals surface area (Å²) in [5.74, 6) is 1.73. The van der Waals surface area contributed by atoms with Crippen LogP contribution in [0.4, 0.5) is 5.82 Å². The van der Waals surface area contributed by atoms with Gasteiger partial charge in [0.05, 0.1) is 19.0 Å². The summed E-state index contributed by atoms with van der Waals surface area (Å²) in [5.41, 5.74) is 2.66. The van der Waals surface area contributed by atoms with Crippen molar-refractivity contribution in [3.8, 4) is 0 Å². The van der Waals surface area contributed by atoms with E-state index < -0.39 is 10.0 Å². The summed E-state index contributed by atoms with van der Waals surface area (Å²) >= 11 is 0. The first-order valence-corrected chi connectivity index (χ1v) is 14.1. The van der Waals surface area contributed by atoms with E-state index in [0.29, 0.717) is 12.5 Å². The first-order valence-electron chi connectivity index (χ1n) is 12.3. The summed E-state index contributed by atoms with van der Waals surface area (Å²) in [7, 11) is -3.27. The molecule has 2 heterocycles. The lowest BCUT2D eigenvalue weighted by atomic mass is 9.82. The topological polar surface area (TPSA) is 71.5 Å². The van der Waals surface area contributed by atoms with E-state index in [1.54, 1.807) is 0 Å². The molecule has 0 bridgehead atoms. The molecule has 1 aliphatic heterocycles. The molecule has 2 fully saturated rings. The van der Waals surface area contributed by atoms with Crippen LogP contribution in [-0.4, -0.2) is 51.5 Å². The SMILES string of the molecule is CCc1cccnc1N1CC[C@H](NS(C)(=O)=O)[C@H](COC2CCC(c3ccccc3)CC2)C1. The molecule has 1 N–H and O–H groups in total. The van der Waals surface area contributed by atoms with Gasteiger partial charge in [-0.3, -0.25) is 0 Å². The van der Waals surface area contributed by atoms with E-state index in [1.165, 1.54) is 17.4 Å². The smallest absolute Gasteiger partial charge is 0.208 e. The minimum absolute atomic E-state index is 0.0898. The molecule has 1 aromatic carbocycles. The van der Waals surface area contributed by atoms with Crippen LogP contribution >= 0.6 is 0 Å². The second-order valence-corrected chi connectivity index (χ2v) is 11.3. The number of benzene rings is 1. The summed E-state index contributed by atoms with van der Waals surface area (Å²) in [6.45, 7) is 4.25. The fourth-order valence-electron chi connectivity index (χ4n) is 5.36. The Morgan fingerprint density at radius 2 is 1.82 bits per heavy atom. The molecule has 0 amide bonds. The molecule has 1 aliphatic carbocycles. The summed E-state index contributed by atoms with van der Waals surface area (Å²) in [5, 5.41) is 0. The number of rotatable bonds is 8. The van der Waals surface area contributed by atoms with Crippen molar-refractivity contribution in [1.29, 1.82) is 0 Å². The molecule has 1 aromatic heterocycles. The second kappa shape index (κ2) is 11.0. The molecular weight excluding hydrogens is 434 g/mol. The van der Waals surface area contributed by atoms with Gasteiger partial charge in [0, 0.05) is 31.2 Å². The van der Waals surface area contributed by atoms with Gasteiger partial charge in [-0.05, 0) is 61.6 Å². The van der Waals surface area contributed by atoms with Crippen molar-refractivity contribution in [2.45, 2.75) is 63.5 Å². The lowest BCUT2D eigenvalue weighted by Gasteiger charge is -2.40. The number of pyridine rings is 1. The second-order valence-electron chi connectivity index (χ2n) is 9.55. The number of aryl methyl sites for hydroxylation is 1. The van der Waals surface area contributed by atoms with Crippen LogP contribution in [0.2, 0.25) is 0 Å². The Labute approximate surface area is 198 Å². The molecule has 4 rings (SSSR count). The minimum Gasteiger partial charge on any atom is -0.378 e. The van der Waals surface area contributed by atoms with Gasteiger partial charge in [-0.2, -0.15) is 0 Å². The van der Waals surface area contributed by atoms with Crippen molar-refractivity contribution in [3.63, 3.8) is 0 Å². The Balaban J connectivity index is 1.38. The lowest BCUT2D eigenvalue weighted by Crippen LogP contribution is -2.53. The highest BCUT2D eigenvalue weighted by molar-refractivity contribution is 7.88. The third-order valence-corrected chi connectivity index (χ3v) is 7.87. The average Bonchev–Trinajstić information content (AvgIpc) is 2.83. The van der Waals surface area contributed by atoms with Gasteiger partial charge in [0.2, 0.25) is 10.0 Å². The van der Waals surface area contributed by atoms with Crippen molar-refractivity contribution >= 4 is 15.8 Å². The van der Waals surface area contributed by atoms with E-state index in [0.717, 1.165) is 57.4 Å². The third kappa shape index (κ3) is 6.55. The van der Waals surface area contributed by atoms with E-state index in [2.05, 4.69) is 57.9 Å². The van der Waals surface area contributed by atoms with E-state index in [1.807, 2.05) is 12.3 Å². The normalized spacial score (nSPS) is 26.3. The van der Waals surface area contributed by atoms with E-state index in [-0.39, 0.29) is 18.1 Å². The van der Waals surface area contributed by atoms with Crippen LogP contribution in [0.3, 0.4) is 0 Å². The van der Waals surface area contributed by atoms with Gasteiger partial charge in [-0.25, -0.2) is 18.1 Å². The zero-order valence-corrected chi connectivity index (χ0v) is 20.6. The summed E-state index contributed by atoms with van der Waals surface area (Å²) in [6, 6.07) is 14.8. The van der Waals surface area contributed by atoms with Crippen molar-refractivity contribution in [3.05, 3.63) is 59.8 Å². The maximum absolute atomic E-state index is 12.0. The molecule has 0 spiro atoms. The van der Waals surface area contributed by atoms with Gasteiger partial charge < -0.3 is 9.64 Å². The van der Waals surface area contributed by atoms with Crippen molar-refractivity contribution in [1.82, 2.24) is 9.71 Å². The third-order valence-electron chi connectivity index (χ3n) is 7.14. The molecular formula is C26H37N3O3S. The molecule has 1 saturated carbocycles.